The predicted octanol–water partition coefficient (Wildman–Crippen LogP) is 5.25. The van der Waals surface area contributed by atoms with E-state index in [1.54, 1.807) is 42.5 Å². The number of ether oxygens (including phenoxy) is 1. The average molecular weight is 459 g/mol. The van der Waals surface area contributed by atoms with E-state index in [9.17, 15) is 13.2 Å². The van der Waals surface area contributed by atoms with E-state index in [1.807, 2.05) is 19.9 Å². The van der Waals surface area contributed by atoms with Gasteiger partial charge >= 0.3 is 0 Å². The normalized spacial score (nSPS) is 12.1. The van der Waals surface area contributed by atoms with Crippen molar-refractivity contribution in [2.45, 2.75) is 31.3 Å². The number of carbonyl (C=O) groups excluding carboxylic acids is 1. The molecule has 31 heavy (non-hydrogen) atoms. The third-order valence-electron chi connectivity index (χ3n) is 4.44. The Morgan fingerprint density at radius 1 is 1.00 bits per heavy atom. The quantitative estimate of drug-likeness (QED) is 0.483. The fourth-order valence-corrected chi connectivity index (χ4v) is 4.12. The second kappa shape index (κ2) is 9.85. The number of hydrogen-bond acceptors (Lipinski definition) is 4. The molecule has 162 valence electrons. The summed E-state index contributed by atoms with van der Waals surface area (Å²) in [5, 5.41) is 3.27. The van der Waals surface area contributed by atoms with Crippen molar-refractivity contribution in [1.82, 2.24) is 0 Å². The summed E-state index contributed by atoms with van der Waals surface area (Å²) >= 11 is 5.96. The lowest BCUT2D eigenvalue weighted by molar-refractivity contribution is -0.122. The van der Waals surface area contributed by atoms with Gasteiger partial charge in [0.2, 0.25) is 0 Å². The van der Waals surface area contributed by atoms with Gasteiger partial charge in [0.05, 0.1) is 4.90 Å². The molecule has 0 aliphatic heterocycles. The Bertz CT molecular complexity index is 1160. The first kappa shape index (κ1) is 22.7. The Labute approximate surface area is 187 Å². The molecule has 1 unspecified atom stereocenters. The Hall–Kier alpha value is -3.03. The van der Waals surface area contributed by atoms with Gasteiger partial charge in [0.25, 0.3) is 15.9 Å². The summed E-state index contributed by atoms with van der Waals surface area (Å²) in [5.41, 5.74) is 1.90. The van der Waals surface area contributed by atoms with Gasteiger partial charge in [0, 0.05) is 16.4 Å². The Kier molecular flexibility index (Phi) is 7.20. The first-order valence-corrected chi connectivity index (χ1v) is 11.6. The Morgan fingerprint density at radius 3 is 2.35 bits per heavy atom. The number of carbonyl (C=O) groups is 1. The predicted molar refractivity (Wildman–Crippen MR) is 123 cm³/mol. The third kappa shape index (κ3) is 6.23. The van der Waals surface area contributed by atoms with Crippen LogP contribution in [0.1, 0.15) is 18.9 Å². The molecule has 0 spiro atoms. The van der Waals surface area contributed by atoms with Gasteiger partial charge in [0.1, 0.15) is 5.75 Å². The summed E-state index contributed by atoms with van der Waals surface area (Å²) in [4.78, 5) is 12.7. The SMILES string of the molecule is CCC(Oc1cccc(Cl)c1)C(=O)Nc1ccc(S(=O)(=O)Nc2cccc(C)c2)cc1. The number of anilines is 2. The molecule has 3 rings (SSSR count). The lowest BCUT2D eigenvalue weighted by atomic mass is 10.2. The third-order valence-corrected chi connectivity index (χ3v) is 6.07. The number of sulfonamides is 1. The maximum atomic E-state index is 12.6. The minimum atomic E-state index is -3.74. The molecule has 0 saturated carbocycles. The van der Waals surface area contributed by atoms with Crippen LogP contribution < -0.4 is 14.8 Å². The molecule has 0 aliphatic rings. The van der Waals surface area contributed by atoms with Crippen LogP contribution in [0.2, 0.25) is 5.02 Å². The van der Waals surface area contributed by atoms with Crippen molar-refractivity contribution in [1.29, 1.82) is 0 Å². The Balaban J connectivity index is 1.67. The van der Waals surface area contributed by atoms with E-state index in [0.717, 1.165) is 5.56 Å². The fourth-order valence-electron chi connectivity index (χ4n) is 2.89. The molecule has 1 amide bonds. The molecule has 0 bridgehead atoms. The molecule has 0 saturated heterocycles. The van der Waals surface area contributed by atoms with Crippen LogP contribution in [-0.2, 0) is 14.8 Å². The van der Waals surface area contributed by atoms with Crippen LogP contribution in [0.4, 0.5) is 11.4 Å². The van der Waals surface area contributed by atoms with Crippen LogP contribution in [0.15, 0.2) is 77.7 Å². The maximum absolute atomic E-state index is 12.6. The molecule has 3 aromatic rings. The maximum Gasteiger partial charge on any atom is 0.265 e. The monoisotopic (exact) mass is 458 g/mol. The minimum absolute atomic E-state index is 0.0919. The van der Waals surface area contributed by atoms with Gasteiger partial charge in [-0.1, -0.05) is 36.7 Å². The van der Waals surface area contributed by atoms with Crippen LogP contribution in [0.3, 0.4) is 0 Å². The highest BCUT2D eigenvalue weighted by Gasteiger charge is 2.19. The zero-order valence-corrected chi connectivity index (χ0v) is 18.7. The van der Waals surface area contributed by atoms with Crippen molar-refractivity contribution < 1.29 is 17.9 Å². The van der Waals surface area contributed by atoms with E-state index >= 15 is 0 Å². The van der Waals surface area contributed by atoms with Crippen molar-refractivity contribution in [3.05, 3.63) is 83.4 Å². The van der Waals surface area contributed by atoms with Crippen LogP contribution in [-0.4, -0.2) is 20.4 Å². The highest BCUT2D eigenvalue weighted by molar-refractivity contribution is 7.92. The van der Waals surface area contributed by atoms with E-state index in [4.69, 9.17) is 16.3 Å². The molecule has 0 radical (unpaired) electrons. The van der Waals surface area contributed by atoms with Crippen molar-refractivity contribution in [2.24, 2.45) is 0 Å². The number of benzene rings is 3. The molecular weight excluding hydrogens is 436 g/mol. The zero-order valence-electron chi connectivity index (χ0n) is 17.1. The first-order valence-electron chi connectivity index (χ1n) is 9.69. The van der Waals surface area contributed by atoms with Gasteiger partial charge in [-0.05, 0) is 73.5 Å². The number of nitrogens with one attached hydrogen (secondary N) is 2. The summed E-state index contributed by atoms with van der Waals surface area (Å²) < 4.78 is 33.5. The summed E-state index contributed by atoms with van der Waals surface area (Å²) in [7, 11) is -3.74. The summed E-state index contributed by atoms with van der Waals surface area (Å²) in [6.45, 7) is 3.72. The molecule has 0 aromatic heterocycles. The van der Waals surface area contributed by atoms with Crippen molar-refractivity contribution in [2.75, 3.05) is 10.0 Å². The molecule has 0 aliphatic carbocycles. The molecule has 3 aromatic carbocycles. The highest BCUT2D eigenvalue weighted by Crippen LogP contribution is 2.21. The second-order valence-corrected chi connectivity index (χ2v) is 9.08. The number of halogens is 1. The van der Waals surface area contributed by atoms with Crippen molar-refractivity contribution >= 4 is 38.9 Å². The van der Waals surface area contributed by atoms with E-state index < -0.39 is 16.1 Å². The van der Waals surface area contributed by atoms with Gasteiger partial charge in [-0.15, -0.1) is 0 Å². The average Bonchev–Trinajstić information content (AvgIpc) is 2.72. The van der Waals surface area contributed by atoms with Gasteiger partial charge < -0.3 is 10.1 Å². The molecule has 0 fully saturated rings. The molecular formula is C23H23ClN2O4S. The molecule has 2 N–H and O–H groups in total. The smallest absolute Gasteiger partial charge is 0.265 e. The lowest BCUT2D eigenvalue weighted by Gasteiger charge is -2.17. The number of hydrogen-bond donors (Lipinski definition) is 2. The molecule has 1 atom stereocenters. The number of rotatable bonds is 8. The van der Waals surface area contributed by atoms with Crippen molar-refractivity contribution in [3.63, 3.8) is 0 Å². The summed E-state index contributed by atoms with van der Waals surface area (Å²) in [6.07, 6.45) is -0.268. The standard InChI is InChI=1S/C23H23ClN2O4S/c1-3-22(30-20-9-5-7-17(24)15-20)23(27)25-18-10-12-21(13-11-18)31(28,29)26-19-8-4-6-16(2)14-19/h4-15,22,26H,3H2,1-2H3,(H,25,27). The van der Waals surface area contributed by atoms with E-state index in [2.05, 4.69) is 10.0 Å². The fraction of sp³-hybridized carbons (Fsp3) is 0.174. The van der Waals surface area contributed by atoms with E-state index in [1.165, 1.54) is 24.3 Å². The summed E-state index contributed by atoms with van der Waals surface area (Å²) in [6, 6.07) is 19.9. The van der Waals surface area contributed by atoms with E-state index in [0.29, 0.717) is 28.6 Å². The van der Waals surface area contributed by atoms with Gasteiger partial charge in [-0.3, -0.25) is 9.52 Å². The second-order valence-electron chi connectivity index (χ2n) is 6.96. The summed E-state index contributed by atoms with van der Waals surface area (Å²) in [5.74, 6) is 0.161. The van der Waals surface area contributed by atoms with Crippen LogP contribution in [0, 0.1) is 6.92 Å². The molecule has 8 heteroatoms. The largest absolute Gasteiger partial charge is 0.481 e. The van der Waals surface area contributed by atoms with Crippen LogP contribution >= 0.6 is 11.6 Å². The molecule has 0 heterocycles. The van der Waals surface area contributed by atoms with E-state index in [-0.39, 0.29) is 10.8 Å². The van der Waals surface area contributed by atoms with Crippen molar-refractivity contribution in [3.8, 4) is 5.75 Å². The van der Waals surface area contributed by atoms with Gasteiger partial charge in [0.15, 0.2) is 6.10 Å². The topological polar surface area (TPSA) is 84.5 Å². The molecule has 6 nitrogen and oxygen atoms in total. The zero-order chi connectivity index (χ0) is 22.4. The highest BCUT2D eigenvalue weighted by atomic mass is 35.5. The lowest BCUT2D eigenvalue weighted by Crippen LogP contribution is -2.32. The van der Waals surface area contributed by atoms with Crippen LogP contribution in [0.25, 0.3) is 0 Å². The van der Waals surface area contributed by atoms with Crippen LogP contribution in [0.5, 0.6) is 5.75 Å². The van der Waals surface area contributed by atoms with Gasteiger partial charge in [-0.25, -0.2) is 8.42 Å². The van der Waals surface area contributed by atoms with Gasteiger partial charge in [-0.2, -0.15) is 0 Å². The first-order chi connectivity index (χ1) is 14.8. The Morgan fingerprint density at radius 2 is 1.71 bits per heavy atom. The number of aryl methyl sites for hydroxylation is 1. The minimum Gasteiger partial charge on any atom is -0.481 e. The number of amides is 1.